The zero-order valence-electron chi connectivity index (χ0n) is 27.8. The summed E-state index contributed by atoms with van der Waals surface area (Å²) in [7, 11) is 0. The summed E-state index contributed by atoms with van der Waals surface area (Å²) in [6.45, 7) is 17.0. The molecule has 0 unspecified atom stereocenters. The van der Waals surface area contributed by atoms with Crippen LogP contribution in [0.3, 0.4) is 0 Å². The van der Waals surface area contributed by atoms with Gasteiger partial charge in [-0.05, 0) is 61.6 Å². The van der Waals surface area contributed by atoms with Gasteiger partial charge in [-0.25, -0.2) is 0 Å². The van der Waals surface area contributed by atoms with Gasteiger partial charge in [0.25, 0.3) is 5.69 Å². The van der Waals surface area contributed by atoms with Crippen LogP contribution < -0.4 is 9.47 Å². The van der Waals surface area contributed by atoms with E-state index in [1.165, 1.54) is 6.07 Å². The third kappa shape index (κ3) is 6.31. The van der Waals surface area contributed by atoms with Crippen LogP contribution >= 0.6 is 0 Å². The molecule has 2 aliphatic carbocycles. The number of ketones is 2. The lowest BCUT2D eigenvalue weighted by Crippen LogP contribution is -2.44. The number of hydrogen-bond acceptors (Lipinski definition) is 9. The standard InChI is InChI=1S/C36H41N3O8/c1-8-11-21-14-22(15-30(46-10-3)34(21)47-29-13-12-23(38(42)43)16-24(29)39(44)45)31-32-25(17-35(4,5)19-27(32)40)37(9-2)26-18-36(6,7)20-28(41)33(26)31/h8,12-16,31H,1,9-11,17-20H2,2-7H3. The van der Waals surface area contributed by atoms with Crippen LogP contribution in [0.25, 0.3) is 0 Å². The van der Waals surface area contributed by atoms with Crippen LogP contribution in [0.1, 0.15) is 84.3 Å². The smallest absolute Gasteiger partial charge is 0.318 e. The summed E-state index contributed by atoms with van der Waals surface area (Å²) in [5.74, 6) is -0.346. The van der Waals surface area contributed by atoms with Crippen LogP contribution in [0.5, 0.6) is 17.2 Å². The van der Waals surface area contributed by atoms with E-state index in [4.69, 9.17) is 9.47 Å². The molecule has 0 saturated heterocycles. The second kappa shape index (κ2) is 12.4. The van der Waals surface area contributed by atoms with Crippen molar-refractivity contribution in [2.24, 2.45) is 10.8 Å². The Morgan fingerprint density at radius 1 is 0.894 bits per heavy atom. The van der Waals surface area contributed by atoms with Gasteiger partial charge in [0.15, 0.2) is 23.1 Å². The fraction of sp³-hybridized carbons (Fsp3) is 0.444. The SMILES string of the molecule is C=CCc1cc(C2C3=C(CC(C)(C)CC3=O)N(CC)C3=C2C(=O)CC(C)(C)C3)cc(OCC)c1Oc1ccc([N+](=O)[O-])cc1[N+](=O)[O-]. The fourth-order valence-electron chi connectivity index (χ4n) is 7.26. The minimum absolute atomic E-state index is 0.00828. The number of carbonyl (C=O) groups excluding carboxylic acids is 2. The van der Waals surface area contributed by atoms with Crippen molar-refractivity contribution in [3.8, 4) is 17.2 Å². The highest BCUT2D eigenvalue weighted by Crippen LogP contribution is 2.55. The van der Waals surface area contributed by atoms with Gasteiger partial charge >= 0.3 is 5.69 Å². The molecule has 0 N–H and O–H groups in total. The molecule has 0 fully saturated rings. The summed E-state index contributed by atoms with van der Waals surface area (Å²) in [5, 5.41) is 23.2. The van der Waals surface area contributed by atoms with E-state index in [2.05, 4.69) is 39.2 Å². The molecule has 0 atom stereocenters. The van der Waals surface area contributed by atoms with Gasteiger partial charge in [0.2, 0.25) is 5.75 Å². The Bertz CT molecular complexity index is 1710. The van der Waals surface area contributed by atoms with Gasteiger partial charge in [0.1, 0.15) is 0 Å². The van der Waals surface area contributed by atoms with Gasteiger partial charge in [-0.3, -0.25) is 29.8 Å². The highest BCUT2D eigenvalue weighted by atomic mass is 16.6. The van der Waals surface area contributed by atoms with Gasteiger partial charge in [0.05, 0.1) is 22.5 Å². The molecule has 1 heterocycles. The molecule has 1 aliphatic heterocycles. The predicted molar refractivity (Wildman–Crippen MR) is 177 cm³/mol. The van der Waals surface area contributed by atoms with Crippen LogP contribution in [0.4, 0.5) is 11.4 Å². The molecule has 248 valence electrons. The van der Waals surface area contributed by atoms with Crippen LogP contribution in [0.15, 0.2) is 65.5 Å². The van der Waals surface area contributed by atoms with Crippen LogP contribution in [0.2, 0.25) is 0 Å². The van der Waals surface area contributed by atoms with Crippen molar-refractivity contribution in [1.82, 2.24) is 4.90 Å². The first-order valence-electron chi connectivity index (χ1n) is 15.9. The number of allylic oxidation sites excluding steroid dienone is 5. The minimum Gasteiger partial charge on any atom is -0.490 e. The van der Waals surface area contributed by atoms with Gasteiger partial charge in [-0.15, -0.1) is 6.58 Å². The molecule has 0 saturated carbocycles. The molecule has 0 bridgehead atoms. The maximum Gasteiger partial charge on any atom is 0.318 e. The number of non-ortho nitro benzene ring substituents is 1. The molecule has 2 aromatic rings. The number of nitrogens with zero attached hydrogens (tertiary/aromatic N) is 3. The Morgan fingerprint density at radius 2 is 1.49 bits per heavy atom. The fourth-order valence-corrected chi connectivity index (χ4v) is 7.26. The number of nitro groups is 2. The van der Waals surface area contributed by atoms with Gasteiger partial charge in [-0.2, -0.15) is 0 Å². The van der Waals surface area contributed by atoms with E-state index < -0.39 is 27.1 Å². The number of Topliss-reactive ketones (excluding diaryl/α,β-unsaturated/α-hetero) is 2. The zero-order chi connectivity index (χ0) is 34.4. The van der Waals surface area contributed by atoms with E-state index in [-0.39, 0.29) is 52.7 Å². The molecule has 2 aromatic carbocycles. The summed E-state index contributed by atoms with van der Waals surface area (Å²) >= 11 is 0. The molecule has 3 aliphatic rings. The quantitative estimate of drug-likeness (QED) is 0.142. The highest BCUT2D eigenvalue weighted by molar-refractivity contribution is 6.07. The first-order valence-corrected chi connectivity index (χ1v) is 15.9. The Balaban J connectivity index is 1.76. The summed E-state index contributed by atoms with van der Waals surface area (Å²) < 4.78 is 12.2. The van der Waals surface area contributed by atoms with Crippen molar-refractivity contribution < 1.29 is 28.9 Å². The van der Waals surface area contributed by atoms with Crippen molar-refractivity contribution in [3.63, 3.8) is 0 Å². The van der Waals surface area contributed by atoms with Crippen molar-refractivity contribution in [3.05, 3.63) is 96.9 Å². The van der Waals surface area contributed by atoms with Crippen molar-refractivity contribution in [2.45, 2.75) is 79.6 Å². The number of ether oxygens (including phenoxy) is 2. The maximum absolute atomic E-state index is 14.1. The lowest BCUT2D eigenvalue weighted by molar-refractivity contribution is -0.394. The maximum atomic E-state index is 14.1. The number of benzene rings is 2. The van der Waals surface area contributed by atoms with Gasteiger partial charge < -0.3 is 14.4 Å². The molecule has 5 rings (SSSR count). The third-order valence-corrected chi connectivity index (χ3v) is 9.05. The van der Waals surface area contributed by atoms with Crippen molar-refractivity contribution >= 4 is 22.9 Å². The number of nitro benzene ring substituents is 2. The normalized spacial score (nSPS) is 18.9. The predicted octanol–water partition coefficient (Wildman–Crippen LogP) is 8.13. The summed E-state index contributed by atoms with van der Waals surface area (Å²) in [4.78, 5) is 52.2. The molecular weight excluding hydrogens is 602 g/mol. The largest absolute Gasteiger partial charge is 0.490 e. The number of rotatable bonds is 10. The Kier molecular flexibility index (Phi) is 8.87. The van der Waals surface area contributed by atoms with E-state index in [1.807, 2.05) is 13.0 Å². The van der Waals surface area contributed by atoms with Crippen LogP contribution in [-0.2, 0) is 16.0 Å². The first kappa shape index (κ1) is 33.6. The van der Waals surface area contributed by atoms with E-state index >= 15 is 0 Å². The lowest BCUT2D eigenvalue weighted by atomic mass is 9.63. The van der Waals surface area contributed by atoms with E-state index in [9.17, 15) is 29.8 Å². The topological polar surface area (TPSA) is 142 Å². The molecule has 0 amide bonds. The van der Waals surface area contributed by atoms with Crippen molar-refractivity contribution in [2.75, 3.05) is 13.2 Å². The number of carbonyl (C=O) groups is 2. The van der Waals surface area contributed by atoms with Crippen LogP contribution in [0, 0.1) is 31.1 Å². The monoisotopic (exact) mass is 643 g/mol. The molecule has 11 nitrogen and oxygen atoms in total. The van der Waals surface area contributed by atoms with Gasteiger partial charge in [-0.1, -0.05) is 39.8 Å². The van der Waals surface area contributed by atoms with E-state index in [1.54, 1.807) is 19.1 Å². The Labute approximate surface area is 274 Å². The minimum atomic E-state index is -0.736. The second-order valence-corrected chi connectivity index (χ2v) is 14.0. The van der Waals surface area contributed by atoms with Crippen molar-refractivity contribution in [1.29, 1.82) is 0 Å². The first-order chi connectivity index (χ1) is 22.1. The van der Waals surface area contributed by atoms with E-state index in [0.717, 1.165) is 23.5 Å². The highest BCUT2D eigenvalue weighted by Gasteiger charge is 2.49. The summed E-state index contributed by atoms with van der Waals surface area (Å²) in [5.41, 5.74) is 2.91. The molecular formula is C36H41N3O8. The molecule has 47 heavy (non-hydrogen) atoms. The van der Waals surface area contributed by atoms with Crippen LogP contribution in [-0.4, -0.2) is 39.5 Å². The zero-order valence-corrected chi connectivity index (χ0v) is 27.8. The average molecular weight is 644 g/mol. The second-order valence-electron chi connectivity index (χ2n) is 14.0. The molecule has 0 radical (unpaired) electrons. The van der Waals surface area contributed by atoms with Gasteiger partial charge in [0, 0.05) is 59.5 Å². The molecule has 0 spiro atoms. The average Bonchev–Trinajstić information content (AvgIpc) is 2.96. The Hall–Kier alpha value is -4.80. The lowest BCUT2D eigenvalue weighted by Gasteiger charge is -2.49. The third-order valence-electron chi connectivity index (χ3n) is 9.05. The molecule has 11 heteroatoms. The van der Waals surface area contributed by atoms with E-state index in [0.29, 0.717) is 54.5 Å². The summed E-state index contributed by atoms with van der Waals surface area (Å²) in [6, 6.07) is 6.80. The summed E-state index contributed by atoms with van der Waals surface area (Å²) in [6.07, 6.45) is 4.01. The number of hydrogen-bond donors (Lipinski definition) is 0. The Morgan fingerprint density at radius 3 is 1.98 bits per heavy atom. The molecule has 0 aromatic heterocycles.